The van der Waals surface area contributed by atoms with Crippen LogP contribution in [0.15, 0.2) is 6.07 Å². The van der Waals surface area contributed by atoms with Gasteiger partial charge in [0.2, 0.25) is 5.95 Å². The van der Waals surface area contributed by atoms with E-state index in [2.05, 4.69) is 4.98 Å². The zero-order chi connectivity index (χ0) is 10.0. The zero-order valence-electron chi connectivity index (χ0n) is 6.40. The average Bonchev–Trinajstić information content (AvgIpc) is 2.01. The normalized spacial score (nSPS) is 10.8. The van der Waals surface area contributed by atoms with Crippen LogP contribution in [0, 0.1) is 5.95 Å². The minimum absolute atomic E-state index is 0.0262. The van der Waals surface area contributed by atoms with Crippen LogP contribution >= 0.6 is 11.6 Å². The molecule has 0 amide bonds. The van der Waals surface area contributed by atoms with Gasteiger partial charge in [0.15, 0.2) is 0 Å². The first kappa shape index (κ1) is 10.1. The Morgan fingerprint density at radius 3 is 2.62 bits per heavy atom. The van der Waals surface area contributed by atoms with Gasteiger partial charge in [-0.05, 0) is 11.6 Å². The van der Waals surface area contributed by atoms with Gasteiger partial charge in [0.05, 0.1) is 5.56 Å². The highest BCUT2D eigenvalue weighted by molar-refractivity contribution is 6.17. The number of alkyl halides is 3. The van der Waals surface area contributed by atoms with Gasteiger partial charge in [0, 0.05) is 5.88 Å². The van der Waals surface area contributed by atoms with E-state index in [1.165, 1.54) is 0 Å². The molecule has 72 valence electrons. The highest BCUT2D eigenvalue weighted by Crippen LogP contribution is 2.27. The molecular formula is C7H6ClF3N2. The van der Waals surface area contributed by atoms with Crippen LogP contribution in [0.2, 0.25) is 0 Å². The molecule has 0 aliphatic heterocycles. The first-order valence-electron chi connectivity index (χ1n) is 3.35. The molecule has 0 radical (unpaired) electrons. The SMILES string of the molecule is Nc1cc(CCl)c(C(F)F)c(F)n1. The highest BCUT2D eigenvalue weighted by atomic mass is 35.5. The molecule has 0 aliphatic carbocycles. The molecule has 0 saturated carbocycles. The number of nitrogens with zero attached hydrogens (tertiary/aromatic N) is 1. The third-order valence-electron chi connectivity index (χ3n) is 1.48. The van der Waals surface area contributed by atoms with Crippen molar-refractivity contribution < 1.29 is 13.2 Å². The van der Waals surface area contributed by atoms with Crippen molar-refractivity contribution in [3.63, 3.8) is 0 Å². The molecule has 0 spiro atoms. The summed E-state index contributed by atoms with van der Waals surface area (Å²) < 4.78 is 37.3. The van der Waals surface area contributed by atoms with E-state index < -0.39 is 17.9 Å². The first-order valence-corrected chi connectivity index (χ1v) is 3.88. The summed E-state index contributed by atoms with van der Waals surface area (Å²) in [5.74, 6) is -1.63. The summed E-state index contributed by atoms with van der Waals surface area (Å²) in [6.45, 7) is 0. The molecular weight excluding hydrogens is 205 g/mol. The van der Waals surface area contributed by atoms with Crippen LogP contribution in [-0.4, -0.2) is 4.98 Å². The van der Waals surface area contributed by atoms with Gasteiger partial charge in [-0.1, -0.05) is 0 Å². The van der Waals surface area contributed by atoms with Gasteiger partial charge in [-0.2, -0.15) is 4.39 Å². The van der Waals surface area contributed by atoms with Gasteiger partial charge in [-0.25, -0.2) is 13.8 Å². The van der Waals surface area contributed by atoms with Crippen molar-refractivity contribution in [2.75, 3.05) is 5.73 Å². The Morgan fingerprint density at radius 2 is 2.15 bits per heavy atom. The van der Waals surface area contributed by atoms with Crippen molar-refractivity contribution >= 4 is 17.4 Å². The predicted molar refractivity (Wildman–Crippen MR) is 43.1 cm³/mol. The fourth-order valence-electron chi connectivity index (χ4n) is 0.935. The maximum atomic E-state index is 12.8. The van der Waals surface area contributed by atoms with Crippen LogP contribution in [0.4, 0.5) is 19.0 Å². The Bertz CT molecular complexity index is 317. The van der Waals surface area contributed by atoms with E-state index in [0.717, 1.165) is 6.07 Å². The van der Waals surface area contributed by atoms with Crippen LogP contribution < -0.4 is 5.73 Å². The number of nitrogens with two attached hydrogens (primary N) is 1. The fourth-order valence-corrected chi connectivity index (χ4v) is 1.16. The van der Waals surface area contributed by atoms with E-state index in [1.807, 2.05) is 0 Å². The molecule has 2 N–H and O–H groups in total. The summed E-state index contributed by atoms with van der Waals surface area (Å²) in [7, 11) is 0. The minimum atomic E-state index is -2.93. The van der Waals surface area contributed by atoms with Crippen LogP contribution in [0.5, 0.6) is 0 Å². The average molecular weight is 211 g/mol. The van der Waals surface area contributed by atoms with Gasteiger partial charge in [0.1, 0.15) is 5.82 Å². The molecule has 0 saturated heterocycles. The molecule has 1 heterocycles. The molecule has 1 aromatic heterocycles. The Balaban J connectivity index is 3.30. The van der Waals surface area contributed by atoms with Crippen molar-refractivity contribution in [3.05, 3.63) is 23.1 Å². The van der Waals surface area contributed by atoms with Crippen molar-refractivity contribution in [1.29, 1.82) is 0 Å². The van der Waals surface area contributed by atoms with E-state index in [9.17, 15) is 13.2 Å². The van der Waals surface area contributed by atoms with Gasteiger partial charge >= 0.3 is 0 Å². The number of rotatable bonds is 2. The second-order valence-electron chi connectivity index (χ2n) is 2.35. The number of anilines is 1. The van der Waals surface area contributed by atoms with Crippen LogP contribution in [-0.2, 0) is 5.88 Å². The third kappa shape index (κ3) is 2.03. The first-order chi connectivity index (χ1) is 6.06. The lowest BCUT2D eigenvalue weighted by molar-refractivity contribution is 0.144. The molecule has 2 nitrogen and oxygen atoms in total. The predicted octanol–water partition coefficient (Wildman–Crippen LogP) is 2.48. The molecule has 13 heavy (non-hydrogen) atoms. The number of halogens is 4. The van der Waals surface area contributed by atoms with Gasteiger partial charge in [-0.3, -0.25) is 0 Å². The van der Waals surface area contributed by atoms with E-state index in [4.69, 9.17) is 17.3 Å². The Morgan fingerprint density at radius 1 is 1.54 bits per heavy atom. The van der Waals surface area contributed by atoms with Gasteiger partial charge < -0.3 is 5.73 Å². The topological polar surface area (TPSA) is 38.9 Å². The van der Waals surface area contributed by atoms with Crippen molar-refractivity contribution in [1.82, 2.24) is 4.98 Å². The quantitative estimate of drug-likeness (QED) is 0.602. The largest absolute Gasteiger partial charge is 0.384 e. The molecule has 6 heteroatoms. The Hall–Kier alpha value is -0.970. The summed E-state index contributed by atoms with van der Waals surface area (Å²) in [5, 5.41) is 0. The van der Waals surface area contributed by atoms with Crippen LogP contribution in [0.3, 0.4) is 0 Å². The molecule has 1 aromatic rings. The highest BCUT2D eigenvalue weighted by Gasteiger charge is 2.19. The van der Waals surface area contributed by atoms with Crippen LogP contribution in [0.1, 0.15) is 17.6 Å². The number of hydrogen-bond donors (Lipinski definition) is 1. The van der Waals surface area contributed by atoms with Gasteiger partial charge in [-0.15, -0.1) is 11.6 Å². The molecule has 0 unspecified atom stereocenters. The summed E-state index contributed by atoms with van der Waals surface area (Å²) >= 11 is 5.34. The van der Waals surface area contributed by atoms with Crippen LogP contribution in [0.25, 0.3) is 0 Å². The molecule has 0 aliphatic rings. The third-order valence-corrected chi connectivity index (χ3v) is 1.77. The number of nitrogen functional groups attached to an aromatic ring is 1. The Kier molecular flexibility index (Phi) is 2.98. The smallest absolute Gasteiger partial charge is 0.268 e. The second-order valence-corrected chi connectivity index (χ2v) is 2.61. The molecule has 0 bridgehead atoms. The van der Waals surface area contributed by atoms with E-state index in [-0.39, 0.29) is 17.3 Å². The molecule has 0 atom stereocenters. The lowest BCUT2D eigenvalue weighted by atomic mass is 10.1. The Labute approximate surface area is 77.5 Å². The van der Waals surface area contributed by atoms with Crippen molar-refractivity contribution in [2.24, 2.45) is 0 Å². The molecule has 1 rings (SSSR count). The summed E-state index contributed by atoms with van der Waals surface area (Å²) in [4.78, 5) is 3.08. The lowest BCUT2D eigenvalue weighted by Gasteiger charge is -2.07. The summed E-state index contributed by atoms with van der Waals surface area (Å²) in [5.41, 5.74) is 4.35. The zero-order valence-corrected chi connectivity index (χ0v) is 7.15. The molecule has 0 aromatic carbocycles. The lowest BCUT2D eigenvalue weighted by Crippen LogP contribution is -2.03. The van der Waals surface area contributed by atoms with Crippen molar-refractivity contribution in [2.45, 2.75) is 12.3 Å². The van der Waals surface area contributed by atoms with Crippen molar-refractivity contribution in [3.8, 4) is 0 Å². The maximum absolute atomic E-state index is 12.8. The molecule has 0 fully saturated rings. The van der Waals surface area contributed by atoms with Gasteiger partial charge in [0.25, 0.3) is 6.43 Å². The monoisotopic (exact) mass is 210 g/mol. The van der Waals surface area contributed by atoms with E-state index in [0.29, 0.717) is 0 Å². The minimum Gasteiger partial charge on any atom is -0.384 e. The number of aromatic nitrogens is 1. The number of hydrogen-bond acceptors (Lipinski definition) is 2. The van der Waals surface area contributed by atoms with E-state index in [1.54, 1.807) is 0 Å². The maximum Gasteiger partial charge on any atom is 0.268 e. The summed E-state index contributed by atoms with van der Waals surface area (Å²) in [6, 6.07) is 1.14. The second kappa shape index (κ2) is 3.83. The standard InChI is InChI=1S/C7H6ClF3N2/c8-2-3-1-4(12)13-7(11)5(3)6(9)10/h1,6H,2H2,(H2,12,13). The fraction of sp³-hybridized carbons (Fsp3) is 0.286. The number of pyridine rings is 1. The summed E-state index contributed by atoms with van der Waals surface area (Å²) in [6.07, 6.45) is -2.93. The van der Waals surface area contributed by atoms with E-state index >= 15 is 0 Å².